The van der Waals surface area contributed by atoms with E-state index in [4.69, 9.17) is 10.3 Å². The molecule has 3 heterocycles. The Morgan fingerprint density at radius 3 is 2.67 bits per heavy atom. The highest BCUT2D eigenvalue weighted by Crippen LogP contribution is 2.27. The molecule has 3 N–H and O–H groups in total. The van der Waals surface area contributed by atoms with Gasteiger partial charge in [0.15, 0.2) is 11.6 Å². The van der Waals surface area contributed by atoms with Crippen molar-refractivity contribution in [1.29, 1.82) is 0 Å². The number of nitrogens with one attached hydrogen (secondary N) is 1. The molecule has 0 aliphatic heterocycles. The third-order valence-corrected chi connectivity index (χ3v) is 4.77. The number of aromatic nitrogens is 5. The summed E-state index contributed by atoms with van der Waals surface area (Å²) in [5.41, 5.74) is 8.26. The van der Waals surface area contributed by atoms with Crippen LogP contribution in [0.1, 0.15) is 32.8 Å². The average molecular weight is 449 g/mol. The Balaban J connectivity index is 1.64. The van der Waals surface area contributed by atoms with E-state index in [0.29, 0.717) is 34.8 Å². The second-order valence-corrected chi connectivity index (χ2v) is 8.83. The molecule has 0 saturated carbocycles. The summed E-state index contributed by atoms with van der Waals surface area (Å²) in [7, 11) is 0. The lowest BCUT2D eigenvalue weighted by atomic mass is 9.92. The van der Waals surface area contributed by atoms with Gasteiger partial charge in [-0.2, -0.15) is 5.10 Å². The number of rotatable bonds is 6. The summed E-state index contributed by atoms with van der Waals surface area (Å²) in [6.45, 7) is 6.09. The van der Waals surface area contributed by atoms with Crippen LogP contribution in [0, 0.1) is 11.2 Å². The molecule has 0 saturated heterocycles. The number of halogens is 1. The van der Waals surface area contributed by atoms with E-state index in [0.717, 1.165) is 0 Å². The van der Waals surface area contributed by atoms with Crippen LogP contribution in [-0.4, -0.2) is 30.8 Å². The molecule has 9 nitrogen and oxygen atoms in total. The van der Waals surface area contributed by atoms with Gasteiger partial charge in [0.2, 0.25) is 5.91 Å². The van der Waals surface area contributed by atoms with E-state index < -0.39 is 0 Å². The maximum Gasteiger partial charge on any atom is 0.225 e. The van der Waals surface area contributed by atoms with Gasteiger partial charge in [0.1, 0.15) is 29.2 Å². The first-order valence-corrected chi connectivity index (χ1v) is 10.3. The number of hydrogen-bond donors (Lipinski definition) is 2. The van der Waals surface area contributed by atoms with Gasteiger partial charge in [-0.25, -0.2) is 14.4 Å². The monoisotopic (exact) mass is 449 g/mol. The molecule has 3 aromatic heterocycles. The van der Waals surface area contributed by atoms with E-state index in [1.807, 2.05) is 20.8 Å². The summed E-state index contributed by atoms with van der Waals surface area (Å²) in [4.78, 5) is 20.9. The highest BCUT2D eigenvalue weighted by atomic mass is 19.1. The third-order valence-electron chi connectivity index (χ3n) is 4.77. The van der Waals surface area contributed by atoms with Crippen LogP contribution in [0.5, 0.6) is 0 Å². The van der Waals surface area contributed by atoms with Gasteiger partial charge in [-0.15, -0.1) is 0 Å². The van der Waals surface area contributed by atoms with Crippen LogP contribution in [0.3, 0.4) is 0 Å². The smallest absolute Gasteiger partial charge is 0.225 e. The van der Waals surface area contributed by atoms with E-state index in [9.17, 15) is 9.18 Å². The summed E-state index contributed by atoms with van der Waals surface area (Å²) in [5, 5.41) is 11.3. The number of benzene rings is 1. The minimum Gasteiger partial charge on any atom is -0.382 e. The Bertz CT molecular complexity index is 1280. The molecule has 170 valence electrons. The van der Waals surface area contributed by atoms with Crippen molar-refractivity contribution in [2.45, 2.75) is 33.7 Å². The normalized spacial score (nSPS) is 11.5. The number of nitrogen functional groups attached to an aromatic ring is 1. The van der Waals surface area contributed by atoms with Gasteiger partial charge in [0, 0.05) is 18.1 Å². The van der Waals surface area contributed by atoms with E-state index in [1.165, 1.54) is 18.5 Å². The van der Waals surface area contributed by atoms with Crippen LogP contribution in [0.25, 0.3) is 22.9 Å². The van der Waals surface area contributed by atoms with Crippen molar-refractivity contribution in [3.05, 3.63) is 60.2 Å². The predicted octanol–water partition coefficient (Wildman–Crippen LogP) is 4.14. The van der Waals surface area contributed by atoms with Crippen molar-refractivity contribution in [1.82, 2.24) is 24.9 Å². The van der Waals surface area contributed by atoms with Crippen molar-refractivity contribution >= 4 is 17.4 Å². The van der Waals surface area contributed by atoms with Gasteiger partial charge < -0.3 is 15.6 Å². The average Bonchev–Trinajstić information content (AvgIpc) is 3.40. The van der Waals surface area contributed by atoms with Gasteiger partial charge in [-0.1, -0.05) is 44.1 Å². The van der Waals surface area contributed by atoms with Gasteiger partial charge in [0.05, 0.1) is 18.4 Å². The number of nitrogens with zero attached hydrogens (tertiary/aromatic N) is 5. The largest absolute Gasteiger partial charge is 0.382 e. The van der Waals surface area contributed by atoms with Crippen LogP contribution in [0.15, 0.2) is 53.4 Å². The first kappa shape index (κ1) is 22.1. The van der Waals surface area contributed by atoms with Crippen molar-refractivity contribution < 1.29 is 13.7 Å². The molecule has 1 amide bonds. The Kier molecular flexibility index (Phi) is 5.91. The molecule has 0 unspecified atom stereocenters. The lowest BCUT2D eigenvalue weighted by Gasteiger charge is -2.17. The topological polar surface area (TPSA) is 125 Å². The molecule has 33 heavy (non-hydrogen) atoms. The van der Waals surface area contributed by atoms with Crippen molar-refractivity contribution in [2.75, 3.05) is 11.1 Å². The number of nitrogens with two attached hydrogens (primary N) is 1. The van der Waals surface area contributed by atoms with E-state index >= 15 is 0 Å². The Labute approximate surface area is 189 Å². The molecule has 1 aromatic carbocycles. The molecule has 0 spiro atoms. The van der Waals surface area contributed by atoms with E-state index in [1.54, 1.807) is 35.0 Å². The SMILES string of the molecule is CC(C)(C)CC(=O)Nc1cnc(-c2cc(-c3ccon3)n(Cc3ccccc3F)n2)nc1N. The summed E-state index contributed by atoms with van der Waals surface area (Å²) in [6, 6.07) is 9.88. The molecule has 4 aromatic rings. The minimum absolute atomic E-state index is 0.119. The first-order chi connectivity index (χ1) is 15.7. The van der Waals surface area contributed by atoms with E-state index in [2.05, 4.69) is 25.5 Å². The van der Waals surface area contributed by atoms with Gasteiger partial charge in [-0.05, 0) is 17.5 Å². The molecule has 4 rings (SSSR count). The summed E-state index contributed by atoms with van der Waals surface area (Å²) < 4.78 is 20.8. The summed E-state index contributed by atoms with van der Waals surface area (Å²) in [6.07, 6.45) is 3.22. The van der Waals surface area contributed by atoms with Crippen molar-refractivity contribution in [3.63, 3.8) is 0 Å². The molecule has 10 heteroatoms. The summed E-state index contributed by atoms with van der Waals surface area (Å²) >= 11 is 0. The van der Waals surface area contributed by atoms with Crippen LogP contribution < -0.4 is 11.1 Å². The van der Waals surface area contributed by atoms with Crippen LogP contribution in [0.2, 0.25) is 0 Å². The molecule has 0 aliphatic carbocycles. The highest BCUT2D eigenvalue weighted by Gasteiger charge is 2.19. The lowest BCUT2D eigenvalue weighted by molar-refractivity contribution is -0.117. The zero-order valence-corrected chi connectivity index (χ0v) is 18.5. The minimum atomic E-state index is -0.337. The number of hydrogen-bond acceptors (Lipinski definition) is 7. The molecule has 0 aliphatic rings. The van der Waals surface area contributed by atoms with Crippen LogP contribution in [0.4, 0.5) is 15.9 Å². The first-order valence-electron chi connectivity index (χ1n) is 10.3. The standard InChI is InChI=1S/C23H24FN7O2/c1-23(2,3)11-20(32)27-18-12-26-22(28-21(18)25)17-10-19(16-8-9-33-30-16)31(29-17)13-14-6-4-5-7-15(14)24/h4-10,12H,11,13H2,1-3H3,(H,27,32)(H2,25,26,28). The Morgan fingerprint density at radius 1 is 1.21 bits per heavy atom. The zero-order chi connectivity index (χ0) is 23.6. The molecular formula is C23H24FN7O2. The molecule has 0 fully saturated rings. The number of amides is 1. The molecule has 0 atom stereocenters. The number of anilines is 2. The van der Waals surface area contributed by atoms with Crippen molar-refractivity contribution in [3.8, 4) is 22.9 Å². The molecular weight excluding hydrogens is 425 g/mol. The van der Waals surface area contributed by atoms with Crippen molar-refractivity contribution in [2.24, 2.45) is 5.41 Å². The predicted molar refractivity (Wildman–Crippen MR) is 121 cm³/mol. The maximum atomic E-state index is 14.2. The summed E-state index contributed by atoms with van der Waals surface area (Å²) in [5.74, 6) is -0.128. The fourth-order valence-corrected chi connectivity index (χ4v) is 3.28. The highest BCUT2D eigenvalue weighted by molar-refractivity contribution is 5.93. The number of carbonyl (C=O) groups excluding carboxylic acids is 1. The Hall–Kier alpha value is -4.08. The van der Waals surface area contributed by atoms with E-state index in [-0.39, 0.29) is 35.3 Å². The quantitative estimate of drug-likeness (QED) is 0.453. The molecule has 0 radical (unpaired) electrons. The Morgan fingerprint density at radius 2 is 2.00 bits per heavy atom. The fourth-order valence-electron chi connectivity index (χ4n) is 3.28. The molecule has 0 bridgehead atoms. The third kappa shape index (κ3) is 5.22. The van der Waals surface area contributed by atoms with Gasteiger partial charge in [-0.3, -0.25) is 9.48 Å². The lowest BCUT2D eigenvalue weighted by Crippen LogP contribution is -2.20. The van der Waals surface area contributed by atoms with Gasteiger partial charge >= 0.3 is 0 Å². The second-order valence-electron chi connectivity index (χ2n) is 8.83. The van der Waals surface area contributed by atoms with Gasteiger partial charge in [0.25, 0.3) is 0 Å². The fraction of sp³-hybridized carbons (Fsp3) is 0.261. The van der Waals surface area contributed by atoms with Crippen LogP contribution >= 0.6 is 0 Å². The van der Waals surface area contributed by atoms with Crippen LogP contribution in [-0.2, 0) is 11.3 Å². The second kappa shape index (κ2) is 8.81. The maximum absolute atomic E-state index is 14.2. The number of carbonyl (C=O) groups is 1. The zero-order valence-electron chi connectivity index (χ0n) is 18.5.